The molecule has 0 saturated carbocycles. The Labute approximate surface area is 113 Å². The summed E-state index contributed by atoms with van der Waals surface area (Å²) in [6.07, 6.45) is 0.142. The SMILES string of the molecule is NC1(C(=O)O)CCN(C(=O)c2ccc(Cl)cc2F)C1. The van der Waals surface area contributed by atoms with Crippen molar-refractivity contribution in [3.63, 3.8) is 0 Å². The van der Waals surface area contributed by atoms with Crippen LogP contribution in [0, 0.1) is 5.82 Å². The van der Waals surface area contributed by atoms with Crippen LogP contribution in [0.2, 0.25) is 5.02 Å². The average Bonchev–Trinajstić information content (AvgIpc) is 2.73. The fourth-order valence-corrected chi connectivity index (χ4v) is 2.17. The molecule has 1 aliphatic rings. The molecule has 0 aromatic heterocycles. The molecule has 5 nitrogen and oxygen atoms in total. The van der Waals surface area contributed by atoms with Crippen LogP contribution in [0.25, 0.3) is 0 Å². The van der Waals surface area contributed by atoms with Gasteiger partial charge in [-0.2, -0.15) is 0 Å². The van der Waals surface area contributed by atoms with Crippen LogP contribution in [0.1, 0.15) is 16.8 Å². The molecule has 102 valence electrons. The average molecular weight is 287 g/mol. The minimum Gasteiger partial charge on any atom is -0.480 e. The topological polar surface area (TPSA) is 83.6 Å². The maximum absolute atomic E-state index is 13.6. The van der Waals surface area contributed by atoms with Gasteiger partial charge in [-0.25, -0.2) is 4.39 Å². The molecule has 1 aromatic carbocycles. The number of carboxylic acid groups (broad SMARTS) is 1. The van der Waals surface area contributed by atoms with E-state index < -0.39 is 23.2 Å². The van der Waals surface area contributed by atoms with E-state index in [0.717, 1.165) is 6.07 Å². The van der Waals surface area contributed by atoms with Gasteiger partial charge in [-0.05, 0) is 24.6 Å². The number of carboxylic acids is 1. The second-order valence-corrected chi connectivity index (χ2v) is 5.00. The van der Waals surface area contributed by atoms with Crippen molar-refractivity contribution in [2.75, 3.05) is 13.1 Å². The first-order valence-corrected chi connectivity index (χ1v) is 5.98. The molecule has 0 aliphatic carbocycles. The Morgan fingerprint density at radius 2 is 2.16 bits per heavy atom. The molecule has 1 fully saturated rings. The zero-order valence-electron chi connectivity index (χ0n) is 9.90. The van der Waals surface area contributed by atoms with E-state index in [2.05, 4.69) is 0 Å². The molecule has 1 saturated heterocycles. The molecule has 1 aromatic rings. The fourth-order valence-electron chi connectivity index (χ4n) is 2.01. The summed E-state index contributed by atoms with van der Waals surface area (Å²) in [5.74, 6) is -2.48. The normalized spacial score (nSPS) is 22.6. The second-order valence-electron chi connectivity index (χ2n) is 4.56. The monoisotopic (exact) mass is 286 g/mol. The summed E-state index contributed by atoms with van der Waals surface area (Å²) in [5.41, 5.74) is 4.06. The second kappa shape index (κ2) is 4.79. The van der Waals surface area contributed by atoms with E-state index in [1.54, 1.807) is 0 Å². The number of halogens is 2. The molecule has 0 bridgehead atoms. The molecular weight excluding hydrogens is 275 g/mol. The first-order valence-electron chi connectivity index (χ1n) is 5.60. The molecule has 19 heavy (non-hydrogen) atoms. The third kappa shape index (κ3) is 2.54. The highest BCUT2D eigenvalue weighted by Gasteiger charge is 2.43. The molecule has 0 spiro atoms. The van der Waals surface area contributed by atoms with Crippen molar-refractivity contribution in [1.29, 1.82) is 0 Å². The van der Waals surface area contributed by atoms with E-state index >= 15 is 0 Å². The zero-order chi connectivity index (χ0) is 14.2. The van der Waals surface area contributed by atoms with Crippen molar-refractivity contribution in [2.45, 2.75) is 12.0 Å². The predicted octanol–water partition coefficient (Wildman–Crippen LogP) is 1.11. The van der Waals surface area contributed by atoms with Crippen molar-refractivity contribution in [1.82, 2.24) is 4.90 Å². The van der Waals surface area contributed by atoms with Gasteiger partial charge in [0.1, 0.15) is 11.4 Å². The number of carbonyl (C=O) groups excluding carboxylic acids is 1. The number of benzene rings is 1. The lowest BCUT2D eigenvalue weighted by molar-refractivity contribution is -0.142. The highest BCUT2D eigenvalue weighted by Crippen LogP contribution is 2.23. The van der Waals surface area contributed by atoms with Gasteiger partial charge in [0.2, 0.25) is 0 Å². The van der Waals surface area contributed by atoms with Crippen LogP contribution in [0.4, 0.5) is 4.39 Å². The number of hydrogen-bond donors (Lipinski definition) is 2. The van der Waals surface area contributed by atoms with Gasteiger partial charge in [0.25, 0.3) is 5.91 Å². The molecule has 0 radical (unpaired) electrons. The van der Waals surface area contributed by atoms with E-state index in [1.165, 1.54) is 17.0 Å². The van der Waals surface area contributed by atoms with Crippen molar-refractivity contribution in [3.8, 4) is 0 Å². The number of nitrogens with zero attached hydrogens (tertiary/aromatic N) is 1. The Hall–Kier alpha value is -1.66. The van der Waals surface area contributed by atoms with Gasteiger partial charge in [0, 0.05) is 18.1 Å². The number of rotatable bonds is 2. The summed E-state index contributed by atoms with van der Waals surface area (Å²) in [6.45, 7) is 0.0485. The van der Waals surface area contributed by atoms with Gasteiger partial charge in [-0.3, -0.25) is 9.59 Å². The quantitative estimate of drug-likeness (QED) is 0.853. The first kappa shape index (κ1) is 13.8. The number of carbonyl (C=O) groups is 2. The number of aliphatic carboxylic acids is 1. The van der Waals surface area contributed by atoms with Crippen molar-refractivity contribution in [3.05, 3.63) is 34.6 Å². The molecule has 3 N–H and O–H groups in total. The molecule has 1 unspecified atom stereocenters. The Morgan fingerprint density at radius 3 is 2.68 bits per heavy atom. The van der Waals surface area contributed by atoms with E-state index in [4.69, 9.17) is 22.4 Å². The maximum Gasteiger partial charge on any atom is 0.325 e. The smallest absolute Gasteiger partial charge is 0.325 e. The molecule has 1 atom stereocenters. The van der Waals surface area contributed by atoms with Gasteiger partial charge >= 0.3 is 5.97 Å². The summed E-state index contributed by atoms with van der Waals surface area (Å²) >= 11 is 5.61. The Bertz CT molecular complexity index is 552. The van der Waals surface area contributed by atoms with Crippen LogP contribution in [0.15, 0.2) is 18.2 Å². The molecule has 2 rings (SSSR count). The lowest BCUT2D eigenvalue weighted by Crippen LogP contribution is -2.50. The summed E-state index contributed by atoms with van der Waals surface area (Å²) in [4.78, 5) is 24.3. The highest BCUT2D eigenvalue weighted by molar-refractivity contribution is 6.30. The number of nitrogens with two attached hydrogens (primary N) is 1. The molecule has 1 amide bonds. The molecule has 1 heterocycles. The Balaban J connectivity index is 2.20. The molecule has 7 heteroatoms. The molecular formula is C12H12ClFN2O3. The zero-order valence-corrected chi connectivity index (χ0v) is 10.7. The number of amides is 1. The predicted molar refractivity (Wildman–Crippen MR) is 66.5 cm³/mol. The van der Waals surface area contributed by atoms with Crippen LogP contribution in [-0.2, 0) is 4.79 Å². The Kier molecular flexibility index (Phi) is 3.47. The fraction of sp³-hybridized carbons (Fsp3) is 0.333. The van der Waals surface area contributed by atoms with Gasteiger partial charge in [0.05, 0.1) is 5.56 Å². The van der Waals surface area contributed by atoms with Gasteiger partial charge in [-0.1, -0.05) is 11.6 Å². The van der Waals surface area contributed by atoms with Gasteiger partial charge in [-0.15, -0.1) is 0 Å². The van der Waals surface area contributed by atoms with Gasteiger partial charge < -0.3 is 15.7 Å². The lowest BCUT2D eigenvalue weighted by atomic mass is 10.0. The minimum absolute atomic E-state index is 0.136. The van der Waals surface area contributed by atoms with Crippen LogP contribution in [-0.4, -0.2) is 40.5 Å². The summed E-state index contributed by atoms with van der Waals surface area (Å²) in [6, 6.07) is 3.72. The van der Waals surface area contributed by atoms with E-state index in [-0.39, 0.29) is 30.1 Å². The highest BCUT2D eigenvalue weighted by atomic mass is 35.5. The largest absolute Gasteiger partial charge is 0.480 e. The van der Waals surface area contributed by atoms with Crippen LogP contribution < -0.4 is 5.73 Å². The molecule has 1 aliphatic heterocycles. The van der Waals surface area contributed by atoms with Crippen molar-refractivity contribution in [2.24, 2.45) is 5.73 Å². The lowest BCUT2D eigenvalue weighted by Gasteiger charge is -2.20. The Morgan fingerprint density at radius 1 is 1.47 bits per heavy atom. The van der Waals surface area contributed by atoms with E-state index in [1.807, 2.05) is 0 Å². The number of likely N-dealkylation sites (tertiary alicyclic amines) is 1. The van der Waals surface area contributed by atoms with E-state index in [0.29, 0.717) is 0 Å². The third-order valence-corrected chi connectivity index (χ3v) is 3.41. The minimum atomic E-state index is -1.46. The summed E-state index contributed by atoms with van der Waals surface area (Å²) in [7, 11) is 0. The number of hydrogen-bond acceptors (Lipinski definition) is 3. The summed E-state index contributed by atoms with van der Waals surface area (Å²) in [5, 5.41) is 9.17. The maximum atomic E-state index is 13.6. The van der Waals surface area contributed by atoms with Crippen LogP contribution in [0.3, 0.4) is 0 Å². The first-order chi connectivity index (χ1) is 8.83. The van der Waals surface area contributed by atoms with E-state index in [9.17, 15) is 14.0 Å². The van der Waals surface area contributed by atoms with Crippen molar-refractivity contribution >= 4 is 23.5 Å². The third-order valence-electron chi connectivity index (χ3n) is 3.18. The van der Waals surface area contributed by atoms with Crippen molar-refractivity contribution < 1.29 is 19.1 Å². The summed E-state index contributed by atoms with van der Waals surface area (Å²) < 4.78 is 13.6. The van der Waals surface area contributed by atoms with Gasteiger partial charge in [0.15, 0.2) is 0 Å². The standard InChI is InChI=1S/C12H12ClFN2O3/c13-7-1-2-8(9(14)5-7)10(17)16-4-3-12(15,6-16)11(18)19/h1-2,5H,3-4,6,15H2,(H,18,19). The van der Waals surface area contributed by atoms with Crippen LogP contribution >= 0.6 is 11.6 Å². The van der Waals surface area contributed by atoms with Crippen LogP contribution in [0.5, 0.6) is 0 Å².